The number of fused-ring (bicyclic) bond motifs is 3. The van der Waals surface area contributed by atoms with Gasteiger partial charge in [-0.05, 0) is 50.3 Å². The van der Waals surface area contributed by atoms with Crippen molar-refractivity contribution in [1.29, 1.82) is 0 Å². The minimum atomic E-state index is -2.93. The van der Waals surface area contributed by atoms with Crippen molar-refractivity contribution in [3.63, 3.8) is 0 Å². The van der Waals surface area contributed by atoms with Gasteiger partial charge in [-0.3, -0.25) is 19.3 Å². The maximum absolute atomic E-state index is 13.8. The number of phenols is 1. The molecule has 0 spiro atoms. The second-order valence-electron chi connectivity index (χ2n) is 10.2. The molecule has 0 radical (unpaired) electrons. The number of halogens is 1. The van der Waals surface area contributed by atoms with Crippen molar-refractivity contribution >= 4 is 17.3 Å². The van der Waals surface area contributed by atoms with Gasteiger partial charge in [0.25, 0.3) is 0 Å². The van der Waals surface area contributed by atoms with Crippen LogP contribution in [0.1, 0.15) is 34.3 Å². The Bertz CT molecular complexity index is 1460. The van der Waals surface area contributed by atoms with Crippen molar-refractivity contribution in [3.05, 3.63) is 87.6 Å². The summed E-state index contributed by atoms with van der Waals surface area (Å²) in [6.07, 6.45) is -1.73. The number of ketones is 3. The first-order chi connectivity index (χ1) is 17.8. The number of carbonyl (C=O) groups is 3. The topological polar surface area (TPSA) is 156 Å². The Labute approximate surface area is 216 Å². The SMILES string of the molecule is CC(=O)C1=C(O)[C@@H](N(C)C)[C@@H]2[C@@H](O)[C@H]3C(=C(O)[C@]2(O)C1=O)C(=O)c1c(O)cccc1[C@@H]3c1ccc(F)cc1. The smallest absolute Gasteiger partial charge is 0.209 e. The van der Waals surface area contributed by atoms with E-state index in [0.29, 0.717) is 11.1 Å². The van der Waals surface area contributed by atoms with E-state index in [1.165, 1.54) is 55.4 Å². The molecule has 2 aromatic rings. The van der Waals surface area contributed by atoms with Crippen molar-refractivity contribution in [3.8, 4) is 5.75 Å². The molecule has 38 heavy (non-hydrogen) atoms. The summed E-state index contributed by atoms with van der Waals surface area (Å²) >= 11 is 0. The third kappa shape index (κ3) is 3.24. The van der Waals surface area contributed by atoms with Gasteiger partial charge in [0.1, 0.15) is 28.7 Å². The minimum Gasteiger partial charge on any atom is -0.510 e. The zero-order valence-electron chi connectivity index (χ0n) is 20.7. The zero-order valence-corrected chi connectivity index (χ0v) is 20.7. The van der Waals surface area contributed by atoms with E-state index in [1.54, 1.807) is 6.07 Å². The molecule has 0 fully saturated rings. The molecule has 3 aliphatic carbocycles. The van der Waals surface area contributed by atoms with Crippen LogP contribution in [0.3, 0.4) is 0 Å². The average molecular weight is 524 g/mol. The molecule has 3 aliphatic rings. The summed E-state index contributed by atoms with van der Waals surface area (Å²) in [6.45, 7) is 1.01. The fourth-order valence-corrected chi connectivity index (χ4v) is 6.44. The summed E-state index contributed by atoms with van der Waals surface area (Å²) in [7, 11) is 2.99. The predicted molar refractivity (Wildman–Crippen MR) is 131 cm³/mol. The third-order valence-corrected chi connectivity index (χ3v) is 8.00. The van der Waals surface area contributed by atoms with E-state index in [9.17, 15) is 44.3 Å². The van der Waals surface area contributed by atoms with Crippen LogP contribution < -0.4 is 0 Å². The maximum atomic E-state index is 13.8. The highest BCUT2D eigenvalue weighted by Crippen LogP contribution is 2.57. The Morgan fingerprint density at radius 2 is 1.66 bits per heavy atom. The molecule has 6 atom stereocenters. The molecule has 9 nitrogen and oxygen atoms in total. The van der Waals surface area contributed by atoms with Crippen LogP contribution in [0.2, 0.25) is 0 Å². The van der Waals surface area contributed by atoms with Crippen molar-refractivity contribution in [2.24, 2.45) is 11.8 Å². The predicted octanol–water partition coefficient (Wildman–Crippen LogP) is 1.92. The summed E-state index contributed by atoms with van der Waals surface area (Å²) in [5.41, 5.74) is -3.67. The van der Waals surface area contributed by atoms with Gasteiger partial charge in [0.2, 0.25) is 5.78 Å². The highest BCUT2D eigenvalue weighted by molar-refractivity contribution is 6.25. The molecule has 0 saturated heterocycles. The second kappa shape index (κ2) is 8.59. The molecule has 5 N–H and O–H groups in total. The van der Waals surface area contributed by atoms with Gasteiger partial charge in [0.05, 0.1) is 23.6 Å². The highest BCUT2D eigenvalue weighted by atomic mass is 19.1. The molecule has 0 amide bonds. The lowest BCUT2D eigenvalue weighted by Crippen LogP contribution is -2.68. The number of carbonyl (C=O) groups excluding carboxylic acids is 3. The first kappa shape index (κ1) is 25.8. The molecule has 0 aromatic heterocycles. The van der Waals surface area contributed by atoms with Crippen molar-refractivity contribution in [1.82, 2.24) is 4.90 Å². The number of likely N-dealkylation sites (N-methyl/N-ethyl adjacent to an activating group) is 1. The Balaban J connectivity index is 1.87. The van der Waals surface area contributed by atoms with Crippen molar-refractivity contribution < 1.29 is 44.3 Å². The number of hydrogen-bond donors (Lipinski definition) is 5. The first-order valence-corrected chi connectivity index (χ1v) is 11.9. The van der Waals surface area contributed by atoms with Gasteiger partial charge in [-0.25, -0.2) is 4.39 Å². The molecule has 0 aliphatic heterocycles. The van der Waals surface area contributed by atoms with Gasteiger partial charge in [0, 0.05) is 17.4 Å². The molecule has 10 heteroatoms. The highest BCUT2D eigenvalue weighted by Gasteiger charge is 2.67. The lowest BCUT2D eigenvalue weighted by atomic mass is 9.54. The Hall–Kier alpha value is -3.86. The van der Waals surface area contributed by atoms with E-state index in [4.69, 9.17) is 0 Å². The fourth-order valence-electron chi connectivity index (χ4n) is 6.44. The van der Waals surface area contributed by atoms with Crippen molar-refractivity contribution in [2.45, 2.75) is 30.6 Å². The van der Waals surface area contributed by atoms with Crippen LogP contribution >= 0.6 is 0 Å². The number of benzene rings is 2. The van der Waals surface area contributed by atoms with Gasteiger partial charge >= 0.3 is 0 Å². The number of nitrogens with zero attached hydrogens (tertiary/aromatic N) is 1. The Morgan fingerprint density at radius 1 is 1.03 bits per heavy atom. The van der Waals surface area contributed by atoms with E-state index < -0.39 is 87.1 Å². The monoisotopic (exact) mass is 523 g/mol. The number of aliphatic hydroxyl groups excluding tert-OH is 3. The summed E-state index contributed by atoms with van der Waals surface area (Å²) in [5, 5.41) is 56.8. The number of aliphatic hydroxyl groups is 4. The van der Waals surface area contributed by atoms with Crippen LogP contribution in [0, 0.1) is 17.7 Å². The Morgan fingerprint density at radius 3 is 2.24 bits per heavy atom. The van der Waals surface area contributed by atoms with Crippen LogP contribution in [0.4, 0.5) is 4.39 Å². The molecular weight excluding hydrogens is 497 g/mol. The lowest BCUT2D eigenvalue weighted by Gasteiger charge is -2.54. The number of aromatic hydroxyl groups is 1. The van der Waals surface area contributed by atoms with E-state index in [1.807, 2.05) is 0 Å². The maximum Gasteiger partial charge on any atom is 0.209 e. The van der Waals surface area contributed by atoms with Crippen molar-refractivity contribution in [2.75, 3.05) is 14.1 Å². The first-order valence-electron chi connectivity index (χ1n) is 11.9. The van der Waals surface area contributed by atoms with Gasteiger partial charge in [-0.2, -0.15) is 0 Å². The summed E-state index contributed by atoms with van der Waals surface area (Å²) in [4.78, 5) is 41.0. The summed E-state index contributed by atoms with van der Waals surface area (Å²) in [5.74, 6) is -9.62. The molecule has 2 aromatic carbocycles. The van der Waals surface area contributed by atoms with E-state index in [2.05, 4.69) is 0 Å². The van der Waals surface area contributed by atoms with Crippen LogP contribution in [-0.2, 0) is 9.59 Å². The van der Waals surface area contributed by atoms with E-state index >= 15 is 0 Å². The van der Waals surface area contributed by atoms with Gasteiger partial charge in [-0.15, -0.1) is 0 Å². The lowest BCUT2D eigenvalue weighted by molar-refractivity contribution is -0.161. The summed E-state index contributed by atoms with van der Waals surface area (Å²) < 4.78 is 13.8. The number of phenolic OH excluding ortho intramolecular Hbond substituents is 1. The number of Topliss-reactive ketones (excluding diaryl/α,β-unsaturated/α-hetero) is 3. The zero-order chi connectivity index (χ0) is 27.8. The van der Waals surface area contributed by atoms with Crippen LogP contribution in [-0.4, -0.2) is 79.6 Å². The largest absolute Gasteiger partial charge is 0.510 e. The van der Waals surface area contributed by atoms with E-state index in [-0.39, 0.29) is 5.56 Å². The fraction of sp³-hybridized carbons (Fsp3) is 0.321. The molecule has 0 saturated carbocycles. The van der Waals surface area contributed by atoms with Gasteiger partial charge in [-0.1, -0.05) is 24.3 Å². The molecular formula is C28H26FNO8. The number of hydrogen-bond acceptors (Lipinski definition) is 9. The van der Waals surface area contributed by atoms with Crippen LogP contribution in [0.5, 0.6) is 5.75 Å². The van der Waals surface area contributed by atoms with Gasteiger partial charge < -0.3 is 25.5 Å². The molecule has 0 unspecified atom stereocenters. The quantitative estimate of drug-likeness (QED) is 0.380. The molecule has 198 valence electrons. The normalized spacial score (nSPS) is 30.8. The van der Waals surface area contributed by atoms with E-state index in [0.717, 1.165) is 6.92 Å². The van der Waals surface area contributed by atoms with Gasteiger partial charge in [0.15, 0.2) is 17.2 Å². The standard InChI is InChI=1S/C28H26FNO8/c1-11(31)16-25(35)22(30(2)3)21-24(34)19-17(12-7-9-13(29)10-8-12)14-5-4-6-15(32)18(14)23(33)20(19)27(37)28(21,38)26(16)36/h4-10,17,19,21-22,24,32,34-35,37-38H,1-3H3/t17-,19+,21+,22-,24-,28+/m0/s1. The Kier molecular flexibility index (Phi) is 5.82. The summed E-state index contributed by atoms with van der Waals surface area (Å²) in [6, 6.07) is 8.26. The average Bonchev–Trinajstić information content (AvgIpc) is 2.84. The minimum absolute atomic E-state index is 0.202. The van der Waals surface area contributed by atoms with Crippen LogP contribution in [0.15, 0.2) is 65.1 Å². The van der Waals surface area contributed by atoms with Crippen LogP contribution in [0.25, 0.3) is 0 Å². The molecule has 0 bridgehead atoms. The number of rotatable bonds is 3. The second-order valence-corrected chi connectivity index (χ2v) is 10.2. The molecule has 5 rings (SSSR count). The molecule has 0 heterocycles. The third-order valence-electron chi connectivity index (χ3n) is 8.00.